The van der Waals surface area contributed by atoms with E-state index in [4.69, 9.17) is 4.74 Å². The minimum Gasteiger partial charge on any atom is -0.497 e. The summed E-state index contributed by atoms with van der Waals surface area (Å²) < 4.78 is 5.34. The van der Waals surface area contributed by atoms with E-state index >= 15 is 0 Å². The van der Waals surface area contributed by atoms with Crippen LogP contribution in [0.3, 0.4) is 0 Å². The predicted octanol–water partition coefficient (Wildman–Crippen LogP) is 5.10. The Kier molecular flexibility index (Phi) is 5.00. The van der Waals surface area contributed by atoms with Crippen molar-refractivity contribution in [2.45, 2.75) is 26.7 Å². The van der Waals surface area contributed by atoms with Crippen LogP contribution in [0.4, 0.5) is 0 Å². The molecular weight excluding hydrogens is 244 g/mol. The van der Waals surface area contributed by atoms with E-state index in [0.29, 0.717) is 0 Å². The number of allylic oxidation sites excluding steroid dienone is 1. The summed E-state index contributed by atoms with van der Waals surface area (Å²) >= 11 is 0. The van der Waals surface area contributed by atoms with E-state index < -0.39 is 0 Å². The van der Waals surface area contributed by atoms with E-state index in [-0.39, 0.29) is 0 Å². The molecule has 0 atom stereocenters. The van der Waals surface area contributed by atoms with Gasteiger partial charge in [0.25, 0.3) is 0 Å². The van der Waals surface area contributed by atoms with Gasteiger partial charge in [0.15, 0.2) is 0 Å². The molecule has 0 fully saturated rings. The summed E-state index contributed by atoms with van der Waals surface area (Å²) in [5.74, 6) is 0.928. The lowest BCUT2D eigenvalue weighted by atomic mass is 9.87. The topological polar surface area (TPSA) is 9.23 Å². The first-order valence-corrected chi connectivity index (χ1v) is 7.31. The van der Waals surface area contributed by atoms with Gasteiger partial charge in [-0.3, -0.25) is 0 Å². The van der Waals surface area contributed by atoms with Crippen molar-refractivity contribution in [1.82, 2.24) is 0 Å². The third-order valence-electron chi connectivity index (χ3n) is 3.45. The number of methoxy groups -OCH3 is 1. The Morgan fingerprint density at radius 1 is 0.950 bits per heavy atom. The zero-order valence-electron chi connectivity index (χ0n) is 12.5. The molecule has 3 rings (SSSR count). The molecule has 0 saturated heterocycles. The van der Waals surface area contributed by atoms with Crippen molar-refractivity contribution in [2.24, 2.45) is 0 Å². The van der Waals surface area contributed by atoms with Crippen LogP contribution in [0.15, 0.2) is 54.6 Å². The zero-order valence-corrected chi connectivity index (χ0v) is 12.5. The molecule has 0 aliphatic heterocycles. The van der Waals surface area contributed by atoms with E-state index in [1.165, 1.54) is 22.3 Å². The lowest BCUT2D eigenvalue weighted by Crippen LogP contribution is -2.01. The van der Waals surface area contributed by atoms with Crippen LogP contribution in [-0.2, 0) is 6.42 Å². The molecule has 1 nitrogen and oxygen atoms in total. The molecule has 0 amide bonds. The summed E-state index contributed by atoms with van der Waals surface area (Å²) in [7, 11) is 1.72. The van der Waals surface area contributed by atoms with Crippen LogP contribution in [-0.4, -0.2) is 7.11 Å². The third-order valence-corrected chi connectivity index (χ3v) is 3.45. The summed E-state index contributed by atoms with van der Waals surface area (Å²) in [6.45, 7) is 4.00. The lowest BCUT2D eigenvalue weighted by Gasteiger charge is -2.19. The van der Waals surface area contributed by atoms with Crippen molar-refractivity contribution < 1.29 is 4.74 Å². The Morgan fingerprint density at radius 3 is 2.40 bits per heavy atom. The molecule has 0 unspecified atom stereocenters. The van der Waals surface area contributed by atoms with Gasteiger partial charge >= 0.3 is 0 Å². The minimum atomic E-state index is 0.928. The molecule has 0 aromatic heterocycles. The van der Waals surface area contributed by atoms with Crippen molar-refractivity contribution in [3.63, 3.8) is 0 Å². The first-order valence-electron chi connectivity index (χ1n) is 7.31. The molecule has 0 heterocycles. The molecule has 0 spiro atoms. The van der Waals surface area contributed by atoms with Crippen LogP contribution in [0.1, 0.15) is 37.0 Å². The molecule has 0 saturated carbocycles. The fourth-order valence-electron chi connectivity index (χ4n) is 2.52. The number of fused-ring (bicyclic) bond motifs is 1. The van der Waals surface area contributed by atoms with Gasteiger partial charge in [-0.05, 0) is 47.2 Å². The zero-order chi connectivity index (χ0) is 14.4. The van der Waals surface area contributed by atoms with E-state index in [1.807, 2.05) is 19.9 Å². The maximum Gasteiger partial charge on any atom is 0.119 e. The summed E-state index contributed by atoms with van der Waals surface area (Å²) in [4.78, 5) is 0. The molecule has 104 valence electrons. The third kappa shape index (κ3) is 2.93. The van der Waals surface area contributed by atoms with Gasteiger partial charge in [0, 0.05) is 0 Å². The number of hydrogen-bond donors (Lipinski definition) is 0. The maximum absolute atomic E-state index is 5.34. The van der Waals surface area contributed by atoms with Gasteiger partial charge in [-0.15, -0.1) is 0 Å². The second-order valence-electron chi connectivity index (χ2n) is 4.55. The predicted molar refractivity (Wildman–Crippen MR) is 86.2 cm³/mol. The van der Waals surface area contributed by atoms with Gasteiger partial charge in [-0.2, -0.15) is 0 Å². The average Bonchev–Trinajstić information content (AvgIpc) is 2.56. The minimum absolute atomic E-state index is 0.928. The van der Waals surface area contributed by atoms with Crippen molar-refractivity contribution in [3.8, 4) is 5.75 Å². The van der Waals surface area contributed by atoms with Crippen LogP contribution >= 0.6 is 0 Å². The lowest BCUT2D eigenvalue weighted by molar-refractivity contribution is 0.414. The number of ether oxygens (including phenoxy) is 1. The highest BCUT2D eigenvalue weighted by atomic mass is 16.5. The Hall–Kier alpha value is -2.02. The fraction of sp³-hybridized carbons (Fsp3) is 0.263. The second-order valence-corrected chi connectivity index (χ2v) is 4.55. The van der Waals surface area contributed by atoms with Crippen LogP contribution in [0, 0.1) is 0 Å². The number of hydrogen-bond acceptors (Lipinski definition) is 1. The number of benzene rings is 2. The van der Waals surface area contributed by atoms with Crippen LogP contribution in [0.2, 0.25) is 0 Å². The normalized spacial score (nSPS) is 12.7. The first kappa shape index (κ1) is 14.4. The molecular formula is C19H22O. The smallest absolute Gasteiger partial charge is 0.119 e. The summed E-state index contributed by atoms with van der Waals surface area (Å²) in [6, 6.07) is 16.9. The highest BCUT2D eigenvalue weighted by Crippen LogP contribution is 2.33. The largest absolute Gasteiger partial charge is 0.497 e. The summed E-state index contributed by atoms with van der Waals surface area (Å²) in [6.07, 6.45) is 4.57. The number of rotatable bonds is 2. The SMILES string of the molecule is CC.COc1ccc2c(c1)C(c1ccccc1)=CCC2. The van der Waals surface area contributed by atoms with Gasteiger partial charge in [0.2, 0.25) is 0 Å². The van der Waals surface area contributed by atoms with E-state index in [1.54, 1.807) is 7.11 Å². The van der Waals surface area contributed by atoms with Gasteiger partial charge < -0.3 is 4.74 Å². The molecule has 1 aliphatic carbocycles. The van der Waals surface area contributed by atoms with Crippen molar-refractivity contribution in [3.05, 3.63) is 71.3 Å². The standard InChI is InChI=1S/C17H16O.C2H6/c1-18-15-11-10-14-8-5-9-16(17(14)12-15)13-6-3-2-4-7-13;1-2/h2-4,6-7,9-12H,5,8H2,1H3;1-2H3. The summed E-state index contributed by atoms with van der Waals surface area (Å²) in [5, 5.41) is 0. The van der Waals surface area contributed by atoms with Crippen LogP contribution in [0.25, 0.3) is 5.57 Å². The molecule has 0 bridgehead atoms. The fourth-order valence-corrected chi connectivity index (χ4v) is 2.52. The Labute approximate surface area is 121 Å². The van der Waals surface area contributed by atoms with Crippen molar-refractivity contribution in [1.29, 1.82) is 0 Å². The van der Waals surface area contributed by atoms with Gasteiger partial charge in [0.05, 0.1) is 7.11 Å². The quantitative estimate of drug-likeness (QED) is 0.735. The van der Waals surface area contributed by atoms with Gasteiger partial charge in [0.1, 0.15) is 5.75 Å². The van der Waals surface area contributed by atoms with Gasteiger partial charge in [-0.1, -0.05) is 56.3 Å². The molecule has 1 aliphatic rings. The van der Waals surface area contributed by atoms with Crippen molar-refractivity contribution >= 4 is 5.57 Å². The highest BCUT2D eigenvalue weighted by molar-refractivity contribution is 5.83. The number of aryl methyl sites for hydroxylation is 1. The van der Waals surface area contributed by atoms with Crippen LogP contribution in [0.5, 0.6) is 5.75 Å². The molecule has 0 N–H and O–H groups in total. The molecule has 2 aromatic rings. The van der Waals surface area contributed by atoms with E-state index in [2.05, 4.69) is 48.5 Å². The Balaban J connectivity index is 0.000000704. The summed E-state index contributed by atoms with van der Waals surface area (Å²) in [5.41, 5.74) is 5.34. The molecule has 0 radical (unpaired) electrons. The second kappa shape index (κ2) is 6.95. The Bertz CT molecular complexity index is 582. The highest BCUT2D eigenvalue weighted by Gasteiger charge is 2.14. The maximum atomic E-state index is 5.34. The van der Waals surface area contributed by atoms with Gasteiger partial charge in [-0.25, -0.2) is 0 Å². The van der Waals surface area contributed by atoms with E-state index in [9.17, 15) is 0 Å². The van der Waals surface area contributed by atoms with Crippen LogP contribution < -0.4 is 4.74 Å². The Morgan fingerprint density at radius 2 is 1.70 bits per heavy atom. The first-order chi connectivity index (χ1) is 9.88. The molecule has 20 heavy (non-hydrogen) atoms. The molecule has 1 heteroatoms. The monoisotopic (exact) mass is 266 g/mol. The van der Waals surface area contributed by atoms with E-state index in [0.717, 1.165) is 18.6 Å². The molecule has 2 aromatic carbocycles. The van der Waals surface area contributed by atoms with Crippen molar-refractivity contribution in [2.75, 3.05) is 7.11 Å². The average molecular weight is 266 g/mol.